The summed E-state index contributed by atoms with van der Waals surface area (Å²) in [6, 6.07) is 10.6. The first-order valence-electron chi connectivity index (χ1n) is 8.51. The number of halogens is 3. The van der Waals surface area contributed by atoms with Gasteiger partial charge in [-0.15, -0.1) is 0 Å². The zero-order valence-electron chi connectivity index (χ0n) is 14.5. The topological polar surface area (TPSA) is 50.8 Å². The van der Waals surface area contributed by atoms with Crippen LogP contribution in [0.25, 0.3) is 0 Å². The van der Waals surface area contributed by atoms with Crippen molar-refractivity contribution in [3.8, 4) is 5.75 Å². The number of urea groups is 1. The average molecular weight is 441 g/mol. The van der Waals surface area contributed by atoms with Crippen molar-refractivity contribution in [2.24, 2.45) is 0 Å². The third-order valence-electron chi connectivity index (χ3n) is 4.14. The van der Waals surface area contributed by atoms with Crippen molar-refractivity contribution in [3.63, 3.8) is 0 Å². The van der Waals surface area contributed by atoms with Gasteiger partial charge in [0.2, 0.25) is 0 Å². The van der Waals surface area contributed by atoms with E-state index in [4.69, 9.17) is 9.47 Å². The molecule has 5 nitrogen and oxygen atoms in total. The Balaban J connectivity index is 1.47. The van der Waals surface area contributed by atoms with Crippen LogP contribution in [0.5, 0.6) is 5.75 Å². The normalized spacial score (nSPS) is 16.9. The molecule has 1 saturated heterocycles. The van der Waals surface area contributed by atoms with E-state index in [1.807, 2.05) is 24.3 Å². The number of carbonyl (C=O) groups is 1. The first-order valence-corrected chi connectivity index (χ1v) is 9.30. The molecular formula is C19H19BrF2N2O3. The largest absolute Gasteiger partial charge is 0.489 e. The van der Waals surface area contributed by atoms with Crippen LogP contribution >= 0.6 is 15.9 Å². The Kier molecular flexibility index (Phi) is 6.63. The van der Waals surface area contributed by atoms with E-state index in [2.05, 4.69) is 21.2 Å². The molecule has 144 valence electrons. The molecule has 2 amide bonds. The molecule has 2 aromatic rings. The summed E-state index contributed by atoms with van der Waals surface area (Å²) >= 11 is 3.50. The highest BCUT2D eigenvalue weighted by Crippen LogP contribution is 2.28. The zero-order chi connectivity index (χ0) is 19.2. The molecule has 1 aliphatic heterocycles. The van der Waals surface area contributed by atoms with Gasteiger partial charge in [-0.05, 0) is 23.8 Å². The lowest BCUT2D eigenvalue weighted by atomic mass is 10.1. The number of morpholine rings is 1. The number of nitrogens with one attached hydrogen (secondary N) is 1. The standard InChI is InChI=1S/C19H19BrF2N2O3/c20-15-4-2-1-3-14(15)18-12-24(8-10-27-18)19(25)23-7-9-26-17-6-5-13(21)11-16(17)22/h1-6,11,18H,7-10,12H2,(H,23,25). The number of benzene rings is 2. The molecule has 1 unspecified atom stereocenters. The summed E-state index contributed by atoms with van der Waals surface area (Å²) in [5, 5.41) is 2.74. The third-order valence-corrected chi connectivity index (χ3v) is 4.86. The summed E-state index contributed by atoms with van der Waals surface area (Å²) < 4.78 is 38.3. The van der Waals surface area contributed by atoms with Gasteiger partial charge in [0, 0.05) is 17.1 Å². The van der Waals surface area contributed by atoms with Gasteiger partial charge in [0.1, 0.15) is 18.5 Å². The number of nitrogens with zero attached hydrogens (tertiary/aromatic N) is 1. The summed E-state index contributed by atoms with van der Waals surface area (Å²) in [4.78, 5) is 14.0. The van der Waals surface area contributed by atoms with E-state index >= 15 is 0 Å². The maximum absolute atomic E-state index is 13.5. The highest BCUT2D eigenvalue weighted by Gasteiger charge is 2.26. The fourth-order valence-corrected chi connectivity index (χ4v) is 3.32. The fraction of sp³-hybridized carbons (Fsp3) is 0.316. The molecule has 0 saturated carbocycles. The first-order chi connectivity index (χ1) is 13.0. The van der Waals surface area contributed by atoms with E-state index in [0.29, 0.717) is 19.7 Å². The molecular weight excluding hydrogens is 422 g/mol. The number of rotatable bonds is 5. The van der Waals surface area contributed by atoms with Gasteiger partial charge >= 0.3 is 6.03 Å². The Morgan fingerprint density at radius 2 is 2.11 bits per heavy atom. The van der Waals surface area contributed by atoms with Crippen molar-refractivity contribution in [2.75, 3.05) is 32.8 Å². The molecule has 1 N–H and O–H groups in total. The molecule has 0 radical (unpaired) electrons. The summed E-state index contributed by atoms with van der Waals surface area (Å²) in [5.41, 5.74) is 0.991. The minimum absolute atomic E-state index is 0.0500. The molecule has 3 rings (SSSR count). The second-order valence-corrected chi connectivity index (χ2v) is 6.84. The van der Waals surface area contributed by atoms with Crippen molar-refractivity contribution in [3.05, 3.63) is 64.1 Å². The van der Waals surface area contributed by atoms with Gasteiger partial charge in [0.15, 0.2) is 11.6 Å². The predicted molar refractivity (Wildman–Crippen MR) is 99.7 cm³/mol. The summed E-state index contributed by atoms with van der Waals surface area (Å²) in [6.07, 6.45) is -0.204. The summed E-state index contributed by atoms with van der Waals surface area (Å²) in [5.74, 6) is -1.49. The molecule has 27 heavy (non-hydrogen) atoms. The molecule has 8 heteroatoms. The van der Waals surface area contributed by atoms with Crippen LogP contribution in [0.3, 0.4) is 0 Å². The minimum atomic E-state index is -0.772. The van der Waals surface area contributed by atoms with Crippen molar-refractivity contribution < 1.29 is 23.0 Å². The lowest BCUT2D eigenvalue weighted by molar-refractivity contribution is -0.0158. The van der Waals surface area contributed by atoms with Crippen molar-refractivity contribution in [1.29, 1.82) is 0 Å². The summed E-state index contributed by atoms with van der Waals surface area (Å²) in [6.45, 7) is 1.64. The molecule has 0 spiro atoms. The Morgan fingerprint density at radius 3 is 2.89 bits per heavy atom. The third kappa shape index (κ3) is 5.17. The van der Waals surface area contributed by atoms with Gasteiger partial charge in [-0.3, -0.25) is 0 Å². The zero-order valence-corrected chi connectivity index (χ0v) is 16.0. The van der Waals surface area contributed by atoms with Crippen LogP contribution < -0.4 is 10.1 Å². The van der Waals surface area contributed by atoms with E-state index in [0.717, 1.165) is 22.2 Å². The quantitative estimate of drug-likeness (QED) is 0.717. The lowest BCUT2D eigenvalue weighted by Crippen LogP contribution is -2.48. The van der Waals surface area contributed by atoms with Crippen LogP contribution in [0.15, 0.2) is 46.9 Å². The van der Waals surface area contributed by atoms with Crippen molar-refractivity contribution in [1.82, 2.24) is 10.2 Å². The van der Waals surface area contributed by atoms with E-state index in [-0.39, 0.29) is 31.0 Å². The molecule has 1 aliphatic rings. The van der Waals surface area contributed by atoms with Gasteiger partial charge in [-0.25, -0.2) is 13.6 Å². The molecule has 1 atom stereocenters. The number of ether oxygens (including phenoxy) is 2. The Morgan fingerprint density at radius 1 is 1.30 bits per heavy atom. The van der Waals surface area contributed by atoms with Gasteiger partial charge in [0.05, 0.1) is 19.7 Å². The molecule has 0 aliphatic carbocycles. The van der Waals surface area contributed by atoms with Gasteiger partial charge < -0.3 is 19.7 Å². The SMILES string of the molecule is O=C(NCCOc1ccc(F)cc1F)N1CCOC(c2ccccc2Br)C1. The van der Waals surface area contributed by atoms with Gasteiger partial charge in [-0.2, -0.15) is 0 Å². The van der Waals surface area contributed by atoms with Crippen LogP contribution in [-0.2, 0) is 4.74 Å². The number of carbonyl (C=O) groups excluding carboxylic acids is 1. The number of hydrogen-bond acceptors (Lipinski definition) is 3. The van der Waals surface area contributed by atoms with Crippen LogP contribution in [0.1, 0.15) is 11.7 Å². The Labute approximate surface area is 164 Å². The molecule has 0 bridgehead atoms. The molecule has 0 aromatic heterocycles. The van der Waals surface area contributed by atoms with Gasteiger partial charge in [-0.1, -0.05) is 34.1 Å². The van der Waals surface area contributed by atoms with Crippen LogP contribution in [0.2, 0.25) is 0 Å². The lowest BCUT2D eigenvalue weighted by Gasteiger charge is -2.33. The maximum atomic E-state index is 13.5. The predicted octanol–water partition coefficient (Wildman–Crippen LogP) is 3.89. The smallest absolute Gasteiger partial charge is 0.317 e. The molecule has 2 aromatic carbocycles. The highest BCUT2D eigenvalue weighted by atomic mass is 79.9. The highest BCUT2D eigenvalue weighted by molar-refractivity contribution is 9.10. The van der Waals surface area contributed by atoms with Gasteiger partial charge in [0.25, 0.3) is 0 Å². The number of amides is 2. The van der Waals surface area contributed by atoms with E-state index in [1.165, 1.54) is 6.07 Å². The van der Waals surface area contributed by atoms with Crippen LogP contribution in [0, 0.1) is 11.6 Å². The van der Waals surface area contributed by atoms with Crippen molar-refractivity contribution in [2.45, 2.75) is 6.10 Å². The number of hydrogen-bond donors (Lipinski definition) is 1. The summed E-state index contributed by atoms with van der Waals surface area (Å²) in [7, 11) is 0. The second kappa shape index (κ2) is 9.14. The van der Waals surface area contributed by atoms with Crippen LogP contribution in [-0.4, -0.2) is 43.8 Å². The minimum Gasteiger partial charge on any atom is -0.489 e. The second-order valence-electron chi connectivity index (χ2n) is 5.98. The molecule has 1 heterocycles. The maximum Gasteiger partial charge on any atom is 0.317 e. The fourth-order valence-electron chi connectivity index (χ4n) is 2.78. The van der Waals surface area contributed by atoms with Crippen molar-refractivity contribution >= 4 is 22.0 Å². The Bertz CT molecular complexity index is 806. The first kappa shape index (κ1) is 19.6. The van der Waals surface area contributed by atoms with E-state index < -0.39 is 11.6 Å². The average Bonchev–Trinajstić information content (AvgIpc) is 2.67. The Hall–Kier alpha value is -2.19. The van der Waals surface area contributed by atoms with Crippen LogP contribution in [0.4, 0.5) is 13.6 Å². The van der Waals surface area contributed by atoms with E-state index in [9.17, 15) is 13.6 Å². The van der Waals surface area contributed by atoms with E-state index in [1.54, 1.807) is 4.90 Å². The molecule has 1 fully saturated rings. The monoisotopic (exact) mass is 440 g/mol.